The molecule has 2 atom stereocenters. The monoisotopic (exact) mass is 206 g/mol. The summed E-state index contributed by atoms with van der Waals surface area (Å²) in [4.78, 5) is 2.58. The maximum atomic E-state index is 5.65. The molecular formula is C13H22N2. The predicted octanol–water partition coefficient (Wildman–Crippen LogP) is 1.61. The van der Waals surface area contributed by atoms with Crippen LogP contribution in [0.25, 0.3) is 0 Å². The van der Waals surface area contributed by atoms with Gasteiger partial charge in [0.25, 0.3) is 0 Å². The van der Waals surface area contributed by atoms with Crippen molar-refractivity contribution < 1.29 is 0 Å². The lowest BCUT2D eigenvalue weighted by atomic mass is 9.91. The van der Waals surface area contributed by atoms with Gasteiger partial charge in [0, 0.05) is 18.1 Å². The summed E-state index contributed by atoms with van der Waals surface area (Å²) in [5, 5.41) is 3.42. The summed E-state index contributed by atoms with van der Waals surface area (Å²) in [5.41, 5.74) is -0.0649. The Balaban J connectivity index is 2.15. The van der Waals surface area contributed by atoms with Crippen molar-refractivity contribution >= 4 is 0 Å². The second-order valence-corrected chi connectivity index (χ2v) is 5.45. The SMILES string of the molecule is C#CC(C)(C)N1C2CCC1CC(NC)C2. The van der Waals surface area contributed by atoms with E-state index >= 15 is 0 Å². The first kappa shape index (κ1) is 11.0. The topological polar surface area (TPSA) is 15.3 Å². The Morgan fingerprint density at radius 3 is 2.20 bits per heavy atom. The molecule has 1 N–H and O–H groups in total. The Hall–Kier alpha value is -0.520. The summed E-state index contributed by atoms with van der Waals surface area (Å²) in [6, 6.07) is 2.10. The third kappa shape index (κ3) is 1.79. The molecule has 2 heterocycles. The number of piperidine rings is 1. The molecule has 0 aromatic carbocycles. The smallest absolute Gasteiger partial charge is 0.0770 e. The number of nitrogens with zero attached hydrogens (tertiary/aromatic N) is 1. The molecule has 0 saturated carbocycles. The fraction of sp³-hybridized carbons (Fsp3) is 0.846. The van der Waals surface area contributed by atoms with E-state index in [0.717, 1.165) is 0 Å². The highest BCUT2D eigenvalue weighted by molar-refractivity contribution is 5.14. The van der Waals surface area contributed by atoms with Gasteiger partial charge >= 0.3 is 0 Å². The third-order valence-corrected chi connectivity index (χ3v) is 4.14. The van der Waals surface area contributed by atoms with Gasteiger partial charge in [0.05, 0.1) is 5.54 Å². The number of nitrogens with one attached hydrogen (secondary N) is 1. The van der Waals surface area contributed by atoms with Crippen LogP contribution in [0.3, 0.4) is 0 Å². The molecule has 0 aliphatic carbocycles. The molecule has 2 bridgehead atoms. The first-order chi connectivity index (χ1) is 7.08. The molecule has 2 nitrogen and oxygen atoms in total. The van der Waals surface area contributed by atoms with E-state index in [1.54, 1.807) is 0 Å². The van der Waals surface area contributed by atoms with Crippen LogP contribution in [0.1, 0.15) is 39.5 Å². The van der Waals surface area contributed by atoms with Gasteiger partial charge in [-0.05, 0) is 46.6 Å². The molecule has 2 heteroatoms. The lowest BCUT2D eigenvalue weighted by Crippen LogP contribution is -2.56. The minimum Gasteiger partial charge on any atom is -0.317 e. The zero-order valence-electron chi connectivity index (χ0n) is 10.1. The van der Waals surface area contributed by atoms with Gasteiger partial charge in [-0.3, -0.25) is 4.90 Å². The van der Waals surface area contributed by atoms with Gasteiger partial charge in [0.1, 0.15) is 0 Å². The number of fused-ring (bicyclic) bond motifs is 2. The summed E-state index contributed by atoms with van der Waals surface area (Å²) in [7, 11) is 2.08. The molecule has 15 heavy (non-hydrogen) atoms. The average molecular weight is 206 g/mol. The Bertz CT molecular complexity index is 263. The molecule has 2 saturated heterocycles. The minimum atomic E-state index is -0.0649. The van der Waals surface area contributed by atoms with E-state index in [1.165, 1.54) is 25.7 Å². The second-order valence-electron chi connectivity index (χ2n) is 5.45. The lowest BCUT2D eigenvalue weighted by molar-refractivity contribution is 0.0536. The largest absolute Gasteiger partial charge is 0.317 e. The molecule has 0 aromatic rings. The molecule has 2 unspecified atom stereocenters. The number of terminal acetylenes is 1. The molecular weight excluding hydrogens is 184 g/mol. The van der Waals surface area contributed by atoms with E-state index in [2.05, 4.69) is 37.0 Å². The fourth-order valence-electron chi connectivity index (χ4n) is 3.40. The molecule has 0 spiro atoms. The summed E-state index contributed by atoms with van der Waals surface area (Å²) in [6.07, 6.45) is 10.8. The standard InChI is InChI=1S/C13H22N2/c1-5-13(2,3)15-11-6-7-12(15)9-10(8-11)14-4/h1,10-12,14H,6-9H2,2-4H3. The Kier molecular flexibility index (Phi) is 2.79. The molecule has 0 radical (unpaired) electrons. The molecule has 2 aliphatic heterocycles. The number of hydrogen-bond donors (Lipinski definition) is 1. The van der Waals surface area contributed by atoms with Crippen LogP contribution in [0.15, 0.2) is 0 Å². The number of hydrogen-bond acceptors (Lipinski definition) is 2. The van der Waals surface area contributed by atoms with Gasteiger partial charge in [0.15, 0.2) is 0 Å². The molecule has 84 valence electrons. The highest BCUT2D eigenvalue weighted by Crippen LogP contribution is 2.40. The minimum absolute atomic E-state index is 0.0649. The molecule has 2 fully saturated rings. The van der Waals surface area contributed by atoms with E-state index in [1.807, 2.05) is 0 Å². The van der Waals surface area contributed by atoms with Gasteiger partial charge < -0.3 is 5.32 Å². The van der Waals surface area contributed by atoms with Crippen molar-refractivity contribution in [2.24, 2.45) is 0 Å². The zero-order chi connectivity index (χ0) is 11.1. The molecule has 2 rings (SSSR count). The van der Waals surface area contributed by atoms with Gasteiger partial charge in [-0.25, -0.2) is 0 Å². The fourth-order valence-corrected chi connectivity index (χ4v) is 3.40. The van der Waals surface area contributed by atoms with Crippen molar-refractivity contribution in [1.82, 2.24) is 10.2 Å². The second kappa shape index (κ2) is 3.81. The van der Waals surface area contributed by atoms with Crippen LogP contribution in [0, 0.1) is 12.3 Å². The lowest BCUT2D eigenvalue weighted by Gasteiger charge is -2.45. The van der Waals surface area contributed by atoms with Crippen LogP contribution >= 0.6 is 0 Å². The van der Waals surface area contributed by atoms with Gasteiger partial charge in [-0.15, -0.1) is 6.42 Å². The van der Waals surface area contributed by atoms with E-state index < -0.39 is 0 Å². The van der Waals surface area contributed by atoms with Gasteiger partial charge in [0.2, 0.25) is 0 Å². The Labute approximate surface area is 93.4 Å². The summed E-state index contributed by atoms with van der Waals surface area (Å²) in [6.45, 7) is 4.36. The predicted molar refractivity (Wildman–Crippen MR) is 63.6 cm³/mol. The van der Waals surface area contributed by atoms with Crippen molar-refractivity contribution in [3.63, 3.8) is 0 Å². The van der Waals surface area contributed by atoms with Gasteiger partial charge in [-0.2, -0.15) is 0 Å². The highest BCUT2D eigenvalue weighted by atomic mass is 15.3. The maximum Gasteiger partial charge on any atom is 0.0770 e. The highest BCUT2D eigenvalue weighted by Gasteiger charge is 2.45. The summed E-state index contributed by atoms with van der Waals surface area (Å²) in [5.74, 6) is 2.95. The Morgan fingerprint density at radius 1 is 1.27 bits per heavy atom. The van der Waals surface area contributed by atoms with Gasteiger partial charge in [-0.1, -0.05) is 5.92 Å². The molecule has 0 aromatic heterocycles. The van der Waals surface area contributed by atoms with Crippen molar-refractivity contribution in [2.75, 3.05) is 7.05 Å². The normalized spacial score (nSPS) is 36.5. The molecule has 2 aliphatic rings. The van der Waals surface area contributed by atoms with Crippen LogP contribution in [0.5, 0.6) is 0 Å². The van der Waals surface area contributed by atoms with Crippen molar-refractivity contribution in [2.45, 2.75) is 63.2 Å². The van der Waals surface area contributed by atoms with E-state index in [-0.39, 0.29) is 5.54 Å². The first-order valence-electron chi connectivity index (χ1n) is 6.02. The molecule has 0 amide bonds. The van der Waals surface area contributed by atoms with Crippen LogP contribution in [-0.2, 0) is 0 Å². The quantitative estimate of drug-likeness (QED) is 0.691. The van der Waals surface area contributed by atoms with Crippen molar-refractivity contribution in [3.05, 3.63) is 0 Å². The van der Waals surface area contributed by atoms with Crippen LogP contribution in [-0.4, -0.2) is 35.6 Å². The van der Waals surface area contributed by atoms with Crippen LogP contribution in [0.4, 0.5) is 0 Å². The van der Waals surface area contributed by atoms with E-state index in [4.69, 9.17) is 6.42 Å². The van der Waals surface area contributed by atoms with Crippen molar-refractivity contribution in [1.29, 1.82) is 0 Å². The average Bonchev–Trinajstić information content (AvgIpc) is 2.51. The first-order valence-corrected chi connectivity index (χ1v) is 6.02. The summed E-state index contributed by atoms with van der Waals surface area (Å²) < 4.78 is 0. The van der Waals surface area contributed by atoms with Crippen molar-refractivity contribution in [3.8, 4) is 12.3 Å². The zero-order valence-corrected chi connectivity index (χ0v) is 10.1. The maximum absolute atomic E-state index is 5.65. The number of rotatable bonds is 2. The van der Waals surface area contributed by atoms with E-state index in [0.29, 0.717) is 18.1 Å². The van der Waals surface area contributed by atoms with E-state index in [9.17, 15) is 0 Å². The summed E-state index contributed by atoms with van der Waals surface area (Å²) >= 11 is 0. The third-order valence-electron chi connectivity index (χ3n) is 4.14. The van der Waals surface area contributed by atoms with Crippen LogP contribution in [0.2, 0.25) is 0 Å². The van der Waals surface area contributed by atoms with Crippen LogP contribution < -0.4 is 5.32 Å². The Morgan fingerprint density at radius 2 is 1.80 bits per heavy atom.